The number of hydrogen-bond acceptors (Lipinski definition) is 3. The van der Waals surface area contributed by atoms with Crippen LogP contribution in [0.25, 0.3) is 0 Å². The summed E-state index contributed by atoms with van der Waals surface area (Å²) >= 11 is 0. The number of ether oxygens (including phenoxy) is 1. The zero-order chi connectivity index (χ0) is 14.6. The molecule has 0 aromatic rings. The van der Waals surface area contributed by atoms with Gasteiger partial charge in [-0.3, -0.25) is 0 Å². The van der Waals surface area contributed by atoms with E-state index < -0.39 is 40.6 Å². The predicted octanol–water partition coefficient (Wildman–Crippen LogP) is 1.91. The van der Waals surface area contributed by atoms with Crippen molar-refractivity contribution in [3.8, 4) is 0 Å². The second kappa shape index (κ2) is 6.21. The van der Waals surface area contributed by atoms with Crippen molar-refractivity contribution in [1.82, 2.24) is 0 Å². The lowest BCUT2D eigenvalue weighted by Gasteiger charge is -2.29. The molecule has 0 aliphatic rings. The maximum atomic E-state index is 11.9. The highest BCUT2D eigenvalue weighted by molar-refractivity contribution is 7.89. The Morgan fingerprint density at radius 3 is 2.06 bits per heavy atom. The summed E-state index contributed by atoms with van der Waals surface area (Å²) in [5.41, 5.74) is -0.412. The van der Waals surface area contributed by atoms with Gasteiger partial charge in [-0.1, -0.05) is 20.8 Å². The smallest absolute Gasteiger partial charge is 0.381 e. The van der Waals surface area contributed by atoms with Gasteiger partial charge in [0, 0.05) is 5.92 Å². The van der Waals surface area contributed by atoms with Gasteiger partial charge in [-0.05, 0) is 5.41 Å². The second-order valence-electron chi connectivity index (χ2n) is 5.33. The van der Waals surface area contributed by atoms with Crippen LogP contribution in [0.3, 0.4) is 0 Å². The van der Waals surface area contributed by atoms with E-state index in [0.717, 1.165) is 0 Å². The first-order chi connectivity index (χ1) is 7.81. The van der Waals surface area contributed by atoms with Crippen LogP contribution in [0.1, 0.15) is 27.2 Å². The summed E-state index contributed by atoms with van der Waals surface area (Å²) in [6, 6.07) is 0. The first kappa shape index (κ1) is 17.7. The third kappa shape index (κ3) is 9.67. The lowest BCUT2D eigenvalue weighted by Crippen LogP contribution is -2.35. The number of alkyl halides is 3. The number of primary sulfonamides is 1. The van der Waals surface area contributed by atoms with Crippen molar-refractivity contribution in [1.29, 1.82) is 0 Å². The van der Waals surface area contributed by atoms with Gasteiger partial charge in [-0.2, -0.15) is 13.2 Å². The average molecular weight is 291 g/mol. The topological polar surface area (TPSA) is 69.4 Å². The summed E-state index contributed by atoms with van der Waals surface area (Å²) in [5, 5.41) is 4.94. The molecule has 0 aliphatic carbocycles. The van der Waals surface area contributed by atoms with Crippen molar-refractivity contribution >= 4 is 10.0 Å². The zero-order valence-corrected chi connectivity index (χ0v) is 11.6. The van der Waals surface area contributed by atoms with Gasteiger partial charge >= 0.3 is 6.18 Å². The molecule has 8 heteroatoms. The quantitative estimate of drug-likeness (QED) is 0.760. The van der Waals surface area contributed by atoms with Gasteiger partial charge in [0.2, 0.25) is 10.0 Å². The summed E-state index contributed by atoms with van der Waals surface area (Å²) in [4.78, 5) is 0. The number of hydrogen-bond donors (Lipinski definition) is 1. The molecule has 4 nitrogen and oxygen atoms in total. The molecular weight excluding hydrogens is 271 g/mol. The van der Waals surface area contributed by atoms with Crippen LogP contribution in [0.2, 0.25) is 0 Å². The predicted molar refractivity (Wildman–Crippen MR) is 62.4 cm³/mol. The van der Waals surface area contributed by atoms with Crippen molar-refractivity contribution < 1.29 is 26.3 Å². The minimum Gasteiger partial charge on any atom is -0.381 e. The molecule has 1 atom stereocenters. The first-order valence-corrected chi connectivity index (χ1v) is 7.18. The van der Waals surface area contributed by atoms with Gasteiger partial charge < -0.3 is 4.74 Å². The molecule has 1 unspecified atom stereocenters. The van der Waals surface area contributed by atoms with Crippen LogP contribution in [-0.4, -0.2) is 33.6 Å². The molecule has 0 heterocycles. The van der Waals surface area contributed by atoms with Gasteiger partial charge in [-0.15, -0.1) is 0 Å². The van der Waals surface area contributed by atoms with E-state index in [0.29, 0.717) is 0 Å². The number of sulfonamides is 1. The summed E-state index contributed by atoms with van der Waals surface area (Å²) < 4.78 is 62.6. The monoisotopic (exact) mass is 291 g/mol. The molecule has 0 fully saturated rings. The fourth-order valence-electron chi connectivity index (χ4n) is 1.24. The highest BCUT2D eigenvalue weighted by Crippen LogP contribution is 2.27. The third-order valence-corrected chi connectivity index (χ3v) is 3.37. The van der Waals surface area contributed by atoms with Gasteiger partial charge in [0.25, 0.3) is 0 Å². The summed E-state index contributed by atoms with van der Waals surface area (Å²) in [6.07, 6.45) is -5.31. The van der Waals surface area contributed by atoms with Crippen molar-refractivity contribution in [3.63, 3.8) is 0 Å². The zero-order valence-electron chi connectivity index (χ0n) is 10.8. The highest BCUT2D eigenvalue weighted by atomic mass is 32.2. The Bertz CT molecular complexity index is 346. The molecule has 0 aromatic carbocycles. The van der Waals surface area contributed by atoms with E-state index in [1.54, 1.807) is 20.8 Å². The van der Waals surface area contributed by atoms with Crippen molar-refractivity contribution in [3.05, 3.63) is 0 Å². The van der Waals surface area contributed by atoms with Crippen LogP contribution in [0.15, 0.2) is 0 Å². The van der Waals surface area contributed by atoms with E-state index in [1.165, 1.54) is 0 Å². The molecule has 0 rings (SSSR count). The minimum absolute atomic E-state index is 0.0595. The summed E-state index contributed by atoms with van der Waals surface area (Å²) in [7, 11) is -3.67. The van der Waals surface area contributed by atoms with Crippen LogP contribution in [0.4, 0.5) is 13.2 Å². The van der Waals surface area contributed by atoms with E-state index in [9.17, 15) is 21.6 Å². The third-order valence-electron chi connectivity index (χ3n) is 2.51. The fraction of sp³-hybridized carbons (Fsp3) is 1.00. The molecule has 2 N–H and O–H groups in total. The van der Waals surface area contributed by atoms with Crippen molar-refractivity contribution in [2.75, 3.05) is 19.0 Å². The average Bonchev–Trinajstić information content (AvgIpc) is 2.04. The van der Waals surface area contributed by atoms with E-state index in [4.69, 9.17) is 9.88 Å². The molecule has 0 bridgehead atoms. The van der Waals surface area contributed by atoms with Crippen LogP contribution in [0.5, 0.6) is 0 Å². The van der Waals surface area contributed by atoms with Crippen LogP contribution in [-0.2, 0) is 14.8 Å². The Balaban J connectivity index is 4.29. The van der Waals surface area contributed by atoms with Gasteiger partial charge in [0.15, 0.2) is 0 Å². The Morgan fingerprint density at radius 2 is 1.72 bits per heavy atom. The lowest BCUT2D eigenvalue weighted by molar-refractivity contribution is -0.146. The lowest BCUT2D eigenvalue weighted by atomic mass is 9.82. The SMILES string of the molecule is CC(C)(C)C(COCCC(F)(F)F)CS(N)(=O)=O. The Kier molecular flexibility index (Phi) is 6.09. The standard InChI is InChI=1S/C10H20F3NO3S/c1-9(2,3)8(7-18(14,15)16)6-17-5-4-10(11,12)13/h8H,4-7H2,1-3H3,(H2,14,15,16). The summed E-state index contributed by atoms with van der Waals surface area (Å²) in [6.45, 7) is 4.83. The Labute approximate surface area is 106 Å². The van der Waals surface area contributed by atoms with Crippen LogP contribution >= 0.6 is 0 Å². The molecule has 18 heavy (non-hydrogen) atoms. The largest absolute Gasteiger partial charge is 0.391 e. The van der Waals surface area contributed by atoms with Crippen LogP contribution < -0.4 is 5.14 Å². The molecule has 0 aliphatic heterocycles. The number of rotatable bonds is 6. The molecule has 0 aromatic heterocycles. The highest BCUT2D eigenvalue weighted by Gasteiger charge is 2.30. The maximum absolute atomic E-state index is 11.9. The summed E-state index contributed by atoms with van der Waals surface area (Å²) in [5.74, 6) is -0.747. The number of nitrogens with two attached hydrogens (primary N) is 1. The van der Waals surface area contributed by atoms with E-state index in [1.807, 2.05) is 0 Å². The maximum Gasteiger partial charge on any atom is 0.391 e. The molecule has 0 spiro atoms. The molecule has 0 saturated carbocycles. The number of halogens is 3. The van der Waals surface area contributed by atoms with Gasteiger partial charge in [-0.25, -0.2) is 13.6 Å². The Morgan fingerprint density at radius 1 is 1.22 bits per heavy atom. The molecule has 110 valence electrons. The van der Waals surface area contributed by atoms with Crippen LogP contribution in [0, 0.1) is 11.3 Å². The van der Waals surface area contributed by atoms with Gasteiger partial charge in [0.05, 0.1) is 25.4 Å². The molecule has 0 radical (unpaired) electrons. The van der Waals surface area contributed by atoms with Gasteiger partial charge in [0.1, 0.15) is 0 Å². The normalized spacial score (nSPS) is 15.7. The molecule has 0 amide bonds. The minimum atomic E-state index is -4.27. The molecule has 0 saturated heterocycles. The van der Waals surface area contributed by atoms with E-state index in [2.05, 4.69) is 0 Å². The first-order valence-electron chi connectivity index (χ1n) is 5.46. The van der Waals surface area contributed by atoms with E-state index in [-0.39, 0.29) is 12.4 Å². The van der Waals surface area contributed by atoms with Crippen molar-refractivity contribution in [2.24, 2.45) is 16.5 Å². The second-order valence-corrected chi connectivity index (χ2v) is 6.99. The Hall–Kier alpha value is -0.340. The van der Waals surface area contributed by atoms with E-state index >= 15 is 0 Å². The molecular formula is C10H20F3NO3S. The van der Waals surface area contributed by atoms with Crippen molar-refractivity contribution in [2.45, 2.75) is 33.4 Å². The fourth-order valence-corrected chi connectivity index (χ4v) is 2.40.